The number of nitrogens with zero attached hydrogens (tertiary/aromatic N) is 3. The maximum atomic E-state index is 10.2. The Kier molecular flexibility index (Phi) is 4.49. The maximum Gasteiger partial charge on any atom is 0.152 e. The fourth-order valence-electron chi connectivity index (χ4n) is 2.06. The highest BCUT2D eigenvalue weighted by Crippen LogP contribution is 2.24. The molecule has 0 aliphatic rings. The van der Waals surface area contributed by atoms with E-state index >= 15 is 0 Å². The summed E-state index contributed by atoms with van der Waals surface area (Å²) >= 11 is 1.63. The Balaban J connectivity index is 2.26. The third-order valence-corrected chi connectivity index (χ3v) is 4.16. The molecule has 2 aromatic heterocycles. The van der Waals surface area contributed by atoms with Gasteiger partial charge in [0.2, 0.25) is 0 Å². The molecule has 1 unspecified atom stereocenters. The molecule has 0 aliphatic carbocycles. The Morgan fingerprint density at radius 3 is 2.67 bits per heavy atom. The molecule has 21 heavy (non-hydrogen) atoms. The number of nitrogens with one attached hydrogen (secondary N) is 1. The Morgan fingerprint density at radius 2 is 2.05 bits per heavy atom. The minimum Gasteiger partial charge on any atom is -0.387 e. The number of rotatable bonds is 5. The van der Waals surface area contributed by atoms with Gasteiger partial charge in [-0.3, -0.25) is 0 Å². The lowest BCUT2D eigenvalue weighted by atomic mass is 9.92. The van der Waals surface area contributed by atoms with E-state index in [2.05, 4.69) is 42.2 Å². The van der Waals surface area contributed by atoms with Crippen LogP contribution in [0, 0.1) is 0 Å². The summed E-state index contributed by atoms with van der Waals surface area (Å²) in [7, 11) is 0. The largest absolute Gasteiger partial charge is 0.387 e. The van der Waals surface area contributed by atoms with Crippen LogP contribution in [0.5, 0.6) is 0 Å². The Bertz CT molecular complexity index is 616. The van der Waals surface area contributed by atoms with Crippen LogP contribution < -0.4 is 5.32 Å². The van der Waals surface area contributed by atoms with Gasteiger partial charge in [-0.25, -0.2) is 9.50 Å². The van der Waals surface area contributed by atoms with Gasteiger partial charge in [-0.2, -0.15) is 16.9 Å². The van der Waals surface area contributed by atoms with E-state index in [0.717, 1.165) is 17.0 Å². The number of thioether (sulfide) groups is 1. The molecule has 0 aliphatic heterocycles. The second-order valence-corrected chi connectivity index (χ2v) is 7.53. The smallest absolute Gasteiger partial charge is 0.152 e. The predicted molar refractivity (Wildman–Crippen MR) is 89.2 cm³/mol. The van der Waals surface area contributed by atoms with Gasteiger partial charge in [-0.1, -0.05) is 20.8 Å². The van der Waals surface area contributed by atoms with E-state index in [1.165, 1.54) is 0 Å². The molecule has 0 bridgehead atoms. The molecule has 0 fully saturated rings. The van der Waals surface area contributed by atoms with E-state index in [9.17, 15) is 5.11 Å². The molecule has 2 aromatic rings. The topological polar surface area (TPSA) is 62.5 Å². The molecule has 0 amide bonds. The molecule has 5 nitrogen and oxygen atoms in total. The molecule has 6 heteroatoms. The van der Waals surface area contributed by atoms with Gasteiger partial charge in [0.05, 0.1) is 11.3 Å². The maximum absolute atomic E-state index is 10.2. The molecule has 0 spiro atoms. The van der Waals surface area contributed by atoms with Crippen molar-refractivity contribution in [2.24, 2.45) is 0 Å². The lowest BCUT2D eigenvalue weighted by Gasteiger charge is -2.22. The van der Waals surface area contributed by atoms with Crippen molar-refractivity contribution in [1.82, 2.24) is 14.6 Å². The van der Waals surface area contributed by atoms with E-state index in [1.54, 1.807) is 18.0 Å². The van der Waals surface area contributed by atoms with Crippen LogP contribution in [0.25, 0.3) is 5.52 Å². The number of aromatic nitrogens is 3. The first-order valence-electron chi connectivity index (χ1n) is 7.03. The summed E-state index contributed by atoms with van der Waals surface area (Å²) in [6.07, 6.45) is 5.55. The van der Waals surface area contributed by atoms with Gasteiger partial charge in [0.25, 0.3) is 0 Å². The quantitative estimate of drug-likeness (QED) is 0.889. The van der Waals surface area contributed by atoms with Crippen molar-refractivity contribution < 1.29 is 5.11 Å². The van der Waals surface area contributed by atoms with Crippen molar-refractivity contribution in [2.45, 2.75) is 38.7 Å². The third-order valence-electron chi connectivity index (χ3n) is 3.25. The van der Waals surface area contributed by atoms with Gasteiger partial charge < -0.3 is 10.4 Å². The van der Waals surface area contributed by atoms with Crippen molar-refractivity contribution in [3.05, 3.63) is 24.2 Å². The van der Waals surface area contributed by atoms with Gasteiger partial charge in [0.1, 0.15) is 5.52 Å². The van der Waals surface area contributed by atoms with Crippen molar-refractivity contribution in [3.8, 4) is 0 Å². The van der Waals surface area contributed by atoms with Crippen molar-refractivity contribution in [3.63, 3.8) is 0 Å². The van der Waals surface area contributed by atoms with Crippen LogP contribution >= 0.6 is 11.8 Å². The standard InChI is InChI=1S/C15H24N4OS/c1-14(2,3)12-8-11-13(16-6-7-19(11)18-12)17-9-15(4,20)10-21-5/h6-8,20H,9-10H2,1-5H3,(H,16,17). The van der Waals surface area contributed by atoms with Gasteiger partial charge in [0.15, 0.2) is 5.82 Å². The van der Waals surface area contributed by atoms with E-state index in [-0.39, 0.29) is 5.41 Å². The highest BCUT2D eigenvalue weighted by atomic mass is 32.2. The molecule has 2 N–H and O–H groups in total. The highest BCUT2D eigenvalue weighted by molar-refractivity contribution is 7.98. The average Bonchev–Trinajstić information content (AvgIpc) is 2.80. The third kappa shape index (κ3) is 3.89. The lowest BCUT2D eigenvalue weighted by Crippen LogP contribution is -2.36. The van der Waals surface area contributed by atoms with E-state index < -0.39 is 5.60 Å². The summed E-state index contributed by atoms with van der Waals surface area (Å²) in [5, 5.41) is 18.1. The molecule has 116 valence electrons. The summed E-state index contributed by atoms with van der Waals surface area (Å²) in [5.41, 5.74) is 1.19. The van der Waals surface area contributed by atoms with Gasteiger partial charge in [-0.15, -0.1) is 0 Å². The predicted octanol–water partition coefficient (Wildman–Crippen LogP) is 2.55. The Labute approximate surface area is 130 Å². The summed E-state index contributed by atoms with van der Waals surface area (Å²) in [5.74, 6) is 1.43. The first kappa shape index (κ1) is 16.1. The SMILES string of the molecule is CSCC(C)(O)CNc1nccn2nc(C(C)(C)C)cc12. The first-order valence-corrected chi connectivity index (χ1v) is 8.42. The normalized spacial score (nSPS) is 15.1. The zero-order valence-electron chi connectivity index (χ0n) is 13.3. The minimum atomic E-state index is -0.763. The van der Waals surface area contributed by atoms with Crippen LogP contribution in [0.2, 0.25) is 0 Å². The molecule has 0 saturated carbocycles. The Morgan fingerprint density at radius 1 is 1.33 bits per heavy atom. The van der Waals surface area contributed by atoms with Crippen LogP contribution in [0.15, 0.2) is 18.5 Å². The molecule has 0 radical (unpaired) electrons. The van der Waals surface area contributed by atoms with Crippen LogP contribution in [-0.2, 0) is 5.41 Å². The van der Waals surface area contributed by atoms with E-state index in [4.69, 9.17) is 0 Å². The molecular formula is C15H24N4OS. The summed E-state index contributed by atoms with van der Waals surface area (Å²) in [6.45, 7) is 8.69. The number of hydrogen-bond donors (Lipinski definition) is 2. The average molecular weight is 308 g/mol. The second kappa shape index (κ2) is 5.85. The number of anilines is 1. The first-order chi connectivity index (χ1) is 9.73. The zero-order chi connectivity index (χ0) is 15.7. The van der Waals surface area contributed by atoms with Crippen molar-refractivity contribution in [1.29, 1.82) is 0 Å². The Hall–Kier alpha value is -1.27. The van der Waals surface area contributed by atoms with Crippen molar-refractivity contribution in [2.75, 3.05) is 23.9 Å². The zero-order valence-corrected chi connectivity index (χ0v) is 14.2. The number of fused-ring (bicyclic) bond motifs is 1. The van der Waals surface area contributed by atoms with Crippen LogP contribution in [-0.4, -0.2) is 43.9 Å². The monoisotopic (exact) mass is 308 g/mol. The fourth-order valence-corrected chi connectivity index (χ4v) is 2.78. The molecule has 0 aromatic carbocycles. The number of aliphatic hydroxyl groups is 1. The number of hydrogen-bond acceptors (Lipinski definition) is 5. The lowest BCUT2D eigenvalue weighted by molar-refractivity contribution is 0.0996. The van der Waals surface area contributed by atoms with Crippen LogP contribution in [0.1, 0.15) is 33.4 Å². The van der Waals surface area contributed by atoms with Crippen LogP contribution in [0.3, 0.4) is 0 Å². The molecule has 2 rings (SSSR count). The molecule has 0 saturated heterocycles. The van der Waals surface area contributed by atoms with Gasteiger partial charge >= 0.3 is 0 Å². The summed E-state index contributed by atoms with van der Waals surface area (Å²) in [4.78, 5) is 4.38. The summed E-state index contributed by atoms with van der Waals surface area (Å²) in [6, 6.07) is 2.05. The fraction of sp³-hybridized carbons (Fsp3) is 0.600. The molecule has 1 atom stereocenters. The van der Waals surface area contributed by atoms with Gasteiger partial charge in [0, 0.05) is 30.1 Å². The van der Waals surface area contributed by atoms with E-state index in [1.807, 2.05) is 23.9 Å². The molecular weight excluding hydrogens is 284 g/mol. The molecule has 2 heterocycles. The highest BCUT2D eigenvalue weighted by Gasteiger charge is 2.22. The van der Waals surface area contributed by atoms with E-state index in [0.29, 0.717) is 12.3 Å². The summed E-state index contributed by atoms with van der Waals surface area (Å²) < 4.78 is 1.83. The minimum absolute atomic E-state index is 0.00632. The van der Waals surface area contributed by atoms with Gasteiger partial charge in [-0.05, 0) is 19.2 Å². The second-order valence-electron chi connectivity index (χ2n) is 6.67. The van der Waals surface area contributed by atoms with Crippen LogP contribution in [0.4, 0.5) is 5.82 Å². The van der Waals surface area contributed by atoms with Crippen molar-refractivity contribution >= 4 is 23.1 Å².